The number of carbonyl (C=O) groups is 1. The maximum Gasteiger partial charge on any atom is 0.307 e. The van der Waals surface area contributed by atoms with Gasteiger partial charge in [-0.25, -0.2) is 0 Å². The molecule has 3 aromatic rings. The highest BCUT2D eigenvalue weighted by Gasteiger charge is 2.37. The first-order chi connectivity index (χ1) is 18.6. The fraction of sp³-hybridized carbons (Fsp3) is 0.364. The molecule has 0 bridgehead atoms. The quantitative estimate of drug-likeness (QED) is 0.244. The molecule has 1 aliphatic carbocycles. The molecule has 38 heavy (non-hydrogen) atoms. The summed E-state index contributed by atoms with van der Waals surface area (Å²) >= 11 is 0. The molecule has 1 fully saturated rings. The van der Waals surface area contributed by atoms with E-state index in [2.05, 4.69) is 59.2 Å². The lowest BCUT2D eigenvalue weighted by Gasteiger charge is -2.39. The van der Waals surface area contributed by atoms with E-state index in [9.17, 15) is 4.79 Å². The van der Waals surface area contributed by atoms with Crippen LogP contribution in [0.25, 0.3) is 6.08 Å². The van der Waals surface area contributed by atoms with Gasteiger partial charge in [0.25, 0.3) is 0 Å². The summed E-state index contributed by atoms with van der Waals surface area (Å²) < 4.78 is 17.1. The number of hydrogen-bond donors (Lipinski definition) is 0. The Bertz CT molecular complexity index is 1330. The van der Waals surface area contributed by atoms with Crippen LogP contribution in [0.5, 0.6) is 5.75 Å². The molecular formula is C33H35NO4. The van der Waals surface area contributed by atoms with Crippen molar-refractivity contribution in [2.24, 2.45) is 0 Å². The van der Waals surface area contributed by atoms with Gasteiger partial charge in [0.2, 0.25) is 0 Å². The van der Waals surface area contributed by atoms with Crippen LogP contribution in [-0.2, 0) is 28.1 Å². The standard InChI is InChI=1S/C33H35NO4/c1-3-7-27(22-32(35)36-4-2)25-10-12-28(13-11-25)37-24-30-15-14-29(38-30)23-34-20-18-33(19-21-34)17-16-26-8-5-6-9-31(26)33/h5-6,8-17,27H,4,18-24H2,1-2H3/t27-/m0/s1. The molecule has 5 heteroatoms. The molecule has 0 N–H and O–H groups in total. The second kappa shape index (κ2) is 11.8. The third kappa shape index (κ3) is 5.87. The number of hydrogen-bond acceptors (Lipinski definition) is 5. The van der Waals surface area contributed by atoms with Crippen LogP contribution < -0.4 is 4.74 Å². The summed E-state index contributed by atoms with van der Waals surface area (Å²) in [7, 11) is 0. The minimum Gasteiger partial charge on any atom is -0.486 e. The van der Waals surface area contributed by atoms with E-state index in [-0.39, 0.29) is 23.7 Å². The van der Waals surface area contributed by atoms with Crippen LogP contribution in [0.1, 0.15) is 67.2 Å². The first-order valence-electron chi connectivity index (χ1n) is 13.5. The number of nitrogens with zero attached hydrogens (tertiary/aromatic N) is 1. The fourth-order valence-corrected chi connectivity index (χ4v) is 5.55. The Morgan fingerprint density at radius 3 is 2.58 bits per heavy atom. The van der Waals surface area contributed by atoms with Gasteiger partial charge in [0.15, 0.2) is 0 Å². The van der Waals surface area contributed by atoms with E-state index in [4.69, 9.17) is 13.9 Å². The SMILES string of the molecule is CC#C[C@@H](CC(=O)OCC)c1ccc(OCc2ccc(CN3CCC4(C=Cc5ccccc54)CC3)o2)cc1. The zero-order chi connectivity index (χ0) is 26.4. The topological polar surface area (TPSA) is 51.9 Å². The van der Waals surface area contributed by atoms with Crippen molar-refractivity contribution in [1.29, 1.82) is 0 Å². The molecule has 0 radical (unpaired) electrons. The smallest absolute Gasteiger partial charge is 0.307 e. The normalized spacial score (nSPS) is 16.5. The van der Waals surface area contributed by atoms with Gasteiger partial charge in [0.05, 0.1) is 25.5 Å². The van der Waals surface area contributed by atoms with Crippen LogP contribution >= 0.6 is 0 Å². The van der Waals surface area contributed by atoms with Gasteiger partial charge in [-0.15, -0.1) is 5.92 Å². The number of benzene rings is 2. The molecule has 0 unspecified atom stereocenters. The highest BCUT2D eigenvalue weighted by Crippen LogP contribution is 2.43. The number of piperidine rings is 1. The molecule has 2 heterocycles. The van der Waals surface area contributed by atoms with Gasteiger partial charge in [-0.05, 0) is 80.7 Å². The number of allylic oxidation sites excluding steroid dienone is 1. The van der Waals surface area contributed by atoms with E-state index in [1.807, 2.05) is 37.3 Å². The van der Waals surface area contributed by atoms with Crippen LogP contribution in [0.15, 0.2) is 71.2 Å². The molecule has 1 atom stereocenters. The Morgan fingerprint density at radius 2 is 1.82 bits per heavy atom. The average Bonchev–Trinajstić information content (AvgIpc) is 3.54. The summed E-state index contributed by atoms with van der Waals surface area (Å²) in [5.41, 5.74) is 4.03. The van der Waals surface area contributed by atoms with Gasteiger partial charge in [-0.1, -0.05) is 54.5 Å². The lowest BCUT2D eigenvalue weighted by molar-refractivity contribution is -0.143. The number of carbonyl (C=O) groups excluding carboxylic acids is 1. The first kappa shape index (κ1) is 25.9. The lowest BCUT2D eigenvalue weighted by Crippen LogP contribution is -2.40. The molecule has 2 aromatic carbocycles. The molecule has 5 rings (SSSR count). The Hall–Kier alpha value is -3.75. The molecule has 2 aliphatic rings. The second-order valence-electron chi connectivity index (χ2n) is 10.0. The average molecular weight is 510 g/mol. The van der Waals surface area contributed by atoms with Crippen molar-refractivity contribution in [3.05, 3.63) is 95.0 Å². The van der Waals surface area contributed by atoms with Gasteiger partial charge in [0.1, 0.15) is 23.9 Å². The minimum atomic E-state index is -0.237. The fourth-order valence-electron chi connectivity index (χ4n) is 5.55. The van der Waals surface area contributed by atoms with Gasteiger partial charge in [0, 0.05) is 5.41 Å². The van der Waals surface area contributed by atoms with Crippen molar-refractivity contribution in [3.63, 3.8) is 0 Å². The predicted octanol–water partition coefficient (Wildman–Crippen LogP) is 6.48. The number of esters is 1. The molecule has 0 saturated carbocycles. The van der Waals surface area contributed by atoms with Crippen LogP contribution in [0, 0.1) is 11.8 Å². The maximum absolute atomic E-state index is 11.9. The molecule has 1 aromatic heterocycles. The molecule has 1 spiro atoms. The second-order valence-corrected chi connectivity index (χ2v) is 10.0. The predicted molar refractivity (Wildman–Crippen MR) is 149 cm³/mol. The minimum absolute atomic E-state index is 0.190. The van der Waals surface area contributed by atoms with E-state index in [0.717, 1.165) is 55.3 Å². The van der Waals surface area contributed by atoms with Crippen LogP contribution in [0.2, 0.25) is 0 Å². The monoisotopic (exact) mass is 509 g/mol. The molecule has 1 saturated heterocycles. The molecule has 5 nitrogen and oxygen atoms in total. The third-order valence-corrected chi connectivity index (χ3v) is 7.58. The van der Waals surface area contributed by atoms with E-state index in [0.29, 0.717) is 13.2 Å². The number of ether oxygens (including phenoxy) is 2. The summed E-state index contributed by atoms with van der Waals surface area (Å²) in [5, 5.41) is 0. The van der Waals surface area contributed by atoms with Crippen molar-refractivity contribution in [1.82, 2.24) is 4.90 Å². The van der Waals surface area contributed by atoms with Gasteiger partial charge < -0.3 is 13.9 Å². The van der Waals surface area contributed by atoms with Crippen LogP contribution in [0.4, 0.5) is 0 Å². The van der Waals surface area contributed by atoms with Gasteiger partial charge in [-0.3, -0.25) is 9.69 Å². The van der Waals surface area contributed by atoms with Crippen molar-refractivity contribution in [3.8, 4) is 17.6 Å². The van der Waals surface area contributed by atoms with Crippen molar-refractivity contribution < 1.29 is 18.7 Å². The van der Waals surface area contributed by atoms with Crippen LogP contribution in [0.3, 0.4) is 0 Å². The maximum atomic E-state index is 11.9. The summed E-state index contributed by atoms with van der Waals surface area (Å²) in [6.45, 7) is 7.25. The highest BCUT2D eigenvalue weighted by atomic mass is 16.5. The molecule has 0 amide bonds. The summed E-state index contributed by atoms with van der Waals surface area (Å²) in [4.78, 5) is 14.4. The van der Waals surface area contributed by atoms with Gasteiger partial charge in [-0.2, -0.15) is 0 Å². The molecule has 1 aliphatic heterocycles. The summed E-state index contributed by atoms with van der Waals surface area (Å²) in [6, 6.07) is 20.6. The van der Waals surface area contributed by atoms with E-state index in [1.54, 1.807) is 6.92 Å². The van der Waals surface area contributed by atoms with E-state index < -0.39 is 0 Å². The number of furan rings is 1. The van der Waals surface area contributed by atoms with E-state index in [1.165, 1.54) is 11.1 Å². The molecular weight excluding hydrogens is 474 g/mol. The van der Waals surface area contributed by atoms with Crippen molar-refractivity contribution in [2.75, 3.05) is 19.7 Å². The summed E-state index contributed by atoms with van der Waals surface area (Å²) in [5.74, 6) is 8.12. The van der Waals surface area contributed by atoms with E-state index >= 15 is 0 Å². The third-order valence-electron chi connectivity index (χ3n) is 7.58. The number of fused-ring (bicyclic) bond motifs is 2. The molecule has 196 valence electrons. The number of likely N-dealkylation sites (tertiary alicyclic amines) is 1. The first-order valence-corrected chi connectivity index (χ1v) is 13.5. The zero-order valence-corrected chi connectivity index (χ0v) is 22.2. The highest BCUT2D eigenvalue weighted by molar-refractivity contribution is 5.71. The Balaban J connectivity index is 1.11. The Labute approximate surface area is 225 Å². The van der Waals surface area contributed by atoms with Crippen molar-refractivity contribution >= 4 is 12.0 Å². The Kier molecular flexibility index (Phi) is 8.00. The Morgan fingerprint density at radius 1 is 1.05 bits per heavy atom. The van der Waals surface area contributed by atoms with Gasteiger partial charge >= 0.3 is 5.97 Å². The zero-order valence-electron chi connectivity index (χ0n) is 22.2. The number of rotatable bonds is 9. The lowest BCUT2D eigenvalue weighted by atomic mass is 9.74. The van der Waals surface area contributed by atoms with Crippen molar-refractivity contribution in [2.45, 2.75) is 57.6 Å². The largest absolute Gasteiger partial charge is 0.486 e. The van der Waals surface area contributed by atoms with Crippen LogP contribution in [-0.4, -0.2) is 30.6 Å². The summed E-state index contributed by atoms with van der Waals surface area (Å²) in [6.07, 6.45) is 7.22.